The maximum absolute atomic E-state index is 5.86. The van der Waals surface area contributed by atoms with Gasteiger partial charge >= 0.3 is 12.0 Å². The zero-order valence-corrected chi connectivity index (χ0v) is 13.3. The Kier molecular flexibility index (Phi) is 4.63. The molecule has 0 spiro atoms. The number of halogens is 1. The van der Waals surface area contributed by atoms with Crippen LogP contribution >= 0.6 is 11.6 Å². The maximum Gasteiger partial charge on any atom is 0.329 e. The van der Waals surface area contributed by atoms with Gasteiger partial charge in [0.05, 0.1) is 6.61 Å². The molecule has 0 saturated carbocycles. The third kappa shape index (κ3) is 4.04. The summed E-state index contributed by atoms with van der Waals surface area (Å²) >= 11 is 5.86. The second-order valence-corrected chi connectivity index (χ2v) is 5.79. The first-order chi connectivity index (χ1) is 9.90. The van der Waals surface area contributed by atoms with E-state index in [1.807, 2.05) is 31.2 Å². The summed E-state index contributed by atoms with van der Waals surface area (Å²) in [6.07, 6.45) is 0. The van der Waals surface area contributed by atoms with Crippen molar-refractivity contribution in [1.29, 1.82) is 0 Å². The lowest BCUT2D eigenvalue weighted by molar-refractivity contribution is 0.302. The van der Waals surface area contributed by atoms with Gasteiger partial charge in [0.2, 0.25) is 5.28 Å². The third-order valence-corrected chi connectivity index (χ3v) is 2.91. The lowest BCUT2D eigenvalue weighted by atomic mass is 9.86. The lowest BCUT2D eigenvalue weighted by Crippen LogP contribution is -2.12. The van der Waals surface area contributed by atoms with E-state index in [1.165, 1.54) is 0 Å². The van der Waals surface area contributed by atoms with E-state index in [-0.39, 0.29) is 22.7 Å². The fourth-order valence-corrected chi connectivity index (χ4v) is 1.97. The van der Waals surface area contributed by atoms with Crippen LogP contribution in [0.15, 0.2) is 24.3 Å². The minimum atomic E-state index is -0.0594. The van der Waals surface area contributed by atoms with Crippen molar-refractivity contribution in [3.8, 4) is 17.8 Å². The molecule has 1 heterocycles. The predicted molar refractivity (Wildman–Crippen MR) is 81.2 cm³/mol. The number of aromatic nitrogens is 3. The molecule has 0 radical (unpaired) electrons. The molecule has 0 N–H and O–H groups in total. The number of hydrogen-bond acceptors (Lipinski definition) is 5. The van der Waals surface area contributed by atoms with Gasteiger partial charge in [-0.05, 0) is 30.0 Å². The van der Waals surface area contributed by atoms with Crippen LogP contribution in [-0.4, -0.2) is 21.6 Å². The van der Waals surface area contributed by atoms with Gasteiger partial charge in [-0.15, -0.1) is 4.98 Å². The highest BCUT2D eigenvalue weighted by Crippen LogP contribution is 2.33. The van der Waals surface area contributed by atoms with Gasteiger partial charge in [-0.1, -0.05) is 39.0 Å². The molecule has 0 fully saturated rings. The van der Waals surface area contributed by atoms with E-state index in [1.54, 1.807) is 0 Å². The summed E-state index contributed by atoms with van der Waals surface area (Å²) in [4.78, 5) is 11.9. The summed E-state index contributed by atoms with van der Waals surface area (Å²) in [5.74, 6) is 0.690. The van der Waals surface area contributed by atoms with Crippen molar-refractivity contribution in [3.63, 3.8) is 0 Å². The smallest absolute Gasteiger partial charge is 0.329 e. The van der Waals surface area contributed by atoms with Gasteiger partial charge in [0.1, 0.15) is 5.75 Å². The van der Waals surface area contributed by atoms with Gasteiger partial charge in [-0.3, -0.25) is 0 Å². The monoisotopic (exact) mass is 307 g/mol. The molecule has 5 nitrogen and oxygen atoms in total. The van der Waals surface area contributed by atoms with E-state index in [0.29, 0.717) is 12.4 Å². The Balaban J connectivity index is 2.35. The van der Waals surface area contributed by atoms with Gasteiger partial charge < -0.3 is 9.47 Å². The Morgan fingerprint density at radius 1 is 1.05 bits per heavy atom. The van der Waals surface area contributed by atoms with Crippen LogP contribution in [0, 0.1) is 0 Å². The summed E-state index contributed by atoms with van der Waals surface area (Å²) < 4.78 is 11.0. The molecule has 1 aromatic carbocycles. The van der Waals surface area contributed by atoms with E-state index in [2.05, 4.69) is 35.7 Å². The fraction of sp³-hybridized carbons (Fsp3) is 0.400. The number of ether oxygens (including phenoxy) is 2. The van der Waals surface area contributed by atoms with Crippen LogP contribution in [0.2, 0.25) is 5.28 Å². The second-order valence-electron chi connectivity index (χ2n) is 5.45. The van der Waals surface area contributed by atoms with E-state index < -0.39 is 0 Å². The molecule has 0 aliphatic heterocycles. The van der Waals surface area contributed by atoms with Crippen LogP contribution in [-0.2, 0) is 5.41 Å². The molecular weight excluding hydrogens is 290 g/mol. The first-order valence-corrected chi connectivity index (χ1v) is 7.09. The number of rotatable bonds is 4. The van der Waals surface area contributed by atoms with Crippen LogP contribution < -0.4 is 9.47 Å². The SMILES string of the molecule is CCOc1nc(Cl)nc(Oc2ccccc2C(C)(C)C)n1. The van der Waals surface area contributed by atoms with Crippen molar-refractivity contribution in [3.05, 3.63) is 35.1 Å². The minimum Gasteiger partial charge on any atom is -0.464 e. The van der Waals surface area contributed by atoms with Gasteiger partial charge in [0.15, 0.2) is 0 Å². The van der Waals surface area contributed by atoms with Crippen molar-refractivity contribution in [1.82, 2.24) is 15.0 Å². The zero-order chi connectivity index (χ0) is 15.5. The average molecular weight is 308 g/mol. The van der Waals surface area contributed by atoms with Crippen LogP contribution in [0.3, 0.4) is 0 Å². The molecule has 21 heavy (non-hydrogen) atoms. The van der Waals surface area contributed by atoms with Crippen LogP contribution in [0.4, 0.5) is 0 Å². The van der Waals surface area contributed by atoms with Crippen LogP contribution in [0.5, 0.6) is 17.8 Å². The van der Waals surface area contributed by atoms with Gasteiger partial charge in [0.25, 0.3) is 0 Å². The summed E-state index contributed by atoms with van der Waals surface area (Å²) in [5, 5.41) is 0.0386. The molecule has 112 valence electrons. The molecule has 0 saturated heterocycles. The first kappa shape index (κ1) is 15.5. The molecule has 0 amide bonds. The van der Waals surface area contributed by atoms with E-state index in [9.17, 15) is 0 Å². The predicted octanol–water partition coefficient (Wildman–Crippen LogP) is 4.01. The molecule has 1 aromatic heterocycles. The van der Waals surface area contributed by atoms with E-state index in [0.717, 1.165) is 5.56 Å². The minimum absolute atomic E-state index is 0.0386. The maximum atomic E-state index is 5.86. The van der Waals surface area contributed by atoms with Crippen molar-refractivity contribution < 1.29 is 9.47 Å². The normalized spacial score (nSPS) is 11.3. The highest BCUT2D eigenvalue weighted by molar-refractivity contribution is 6.28. The summed E-state index contributed by atoms with van der Waals surface area (Å²) in [6.45, 7) is 8.62. The number of para-hydroxylation sites is 1. The Labute approximate surface area is 129 Å². The lowest BCUT2D eigenvalue weighted by Gasteiger charge is -2.21. The largest absolute Gasteiger partial charge is 0.464 e. The molecule has 0 aliphatic carbocycles. The van der Waals surface area contributed by atoms with Crippen LogP contribution in [0.1, 0.15) is 33.3 Å². The topological polar surface area (TPSA) is 57.1 Å². The molecule has 0 bridgehead atoms. The average Bonchev–Trinajstić information content (AvgIpc) is 2.37. The molecule has 2 aromatic rings. The standard InChI is InChI=1S/C15H18ClN3O2/c1-5-20-13-17-12(16)18-14(19-13)21-11-9-7-6-8-10(11)15(2,3)4/h6-9H,5H2,1-4H3. The highest BCUT2D eigenvalue weighted by Gasteiger charge is 2.19. The summed E-state index contributed by atoms with van der Waals surface area (Å²) in [7, 11) is 0. The Hall–Kier alpha value is -1.88. The third-order valence-electron chi connectivity index (χ3n) is 2.74. The fourth-order valence-electron chi connectivity index (χ4n) is 1.83. The number of nitrogens with zero attached hydrogens (tertiary/aromatic N) is 3. The summed E-state index contributed by atoms with van der Waals surface area (Å²) in [6, 6.07) is 8.03. The van der Waals surface area contributed by atoms with Crippen molar-refractivity contribution in [2.24, 2.45) is 0 Å². The quantitative estimate of drug-likeness (QED) is 0.854. The molecule has 0 unspecified atom stereocenters. The number of hydrogen-bond donors (Lipinski definition) is 0. The Morgan fingerprint density at radius 3 is 2.38 bits per heavy atom. The first-order valence-electron chi connectivity index (χ1n) is 6.72. The van der Waals surface area contributed by atoms with Gasteiger partial charge in [-0.25, -0.2) is 0 Å². The molecular formula is C15H18ClN3O2. The van der Waals surface area contributed by atoms with Gasteiger partial charge in [-0.2, -0.15) is 9.97 Å². The van der Waals surface area contributed by atoms with Crippen molar-refractivity contribution >= 4 is 11.6 Å². The van der Waals surface area contributed by atoms with Crippen molar-refractivity contribution in [2.75, 3.05) is 6.61 Å². The summed E-state index contributed by atoms with van der Waals surface area (Å²) in [5.41, 5.74) is 0.996. The van der Waals surface area contributed by atoms with Gasteiger partial charge in [0, 0.05) is 5.56 Å². The molecule has 2 rings (SSSR count). The molecule has 0 aliphatic rings. The highest BCUT2D eigenvalue weighted by atomic mass is 35.5. The van der Waals surface area contributed by atoms with E-state index >= 15 is 0 Å². The Bertz CT molecular complexity index is 627. The Morgan fingerprint density at radius 2 is 1.71 bits per heavy atom. The van der Waals surface area contributed by atoms with E-state index in [4.69, 9.17) is 21.1 Å². The number of benzene rings is 1. The van der Waals surface area contributed by atoms with Crippen molar-refractivity contribution in [2.45, 2.75) is 33.1 Å². The molecule has 6 heteroatoms. The molecule has 0 atom stereocenters. The second kappa shape index (κ2) is 6.26. The zero-order valence-electron chi connectivity index (χ0n) is 12.6. The van der Waals surface area contributed by atoms with Crippen LogP contribution in [0.25, 0.3) is 0 Å².